The van der Waals surface area contributed by atoms with Crippen LogP contribution in [0.4, 0.5) is 0 Å². The molecule has 0 aliphatic rings. The highest BCUT2D eigenvalue weighted by molar-refractivity contribution is 7.80. The molecule has 0 aromatic rings. The van der Waals surface area contributed by atoms with Gasteiger partial charge in [-0.25, -0.2) is 0 Å². The van der Waals surface area contributed by atoms with Gasteiger partial charge < -0.3 is 14.2 Å². The maximum atomic E-state index is 11.3. The van der Waals surface area contributed by atoms with Crippen LogP contribution in [-0.4, -0.2) is 44.9 Å². The zero-order valence-corrected chi connectivity index (χ0v) is 17.7. The monoisotopic (exact) mass is 398 g/mol. The lowest BCUT2D eigenvalue weighted by atomic mass is 10.0. The molecule has 0 aromatic carbocycles. The molecule has 0 aromatic heterocycles. The van der Waals surface area contributed by atoms with Crippen LogP contribution in [-0.2, 0) is 28.8 Å². The molecule has 1 unspecified atom stereocenters. The normalized spacial score (nSPS) is 13.9. The van der Waals surface area contributed by atoms with Gasteiger partial charge in [0.2, 0.25) is 0 Å². The Balaban J connectivity index is 4.77. The van der Waals surface area contributed by atoms with Crippen LogP contribution in [0.2, 0.25) is 0 Å². The fraction of sp³-hybridized carbons (Fsp3) is 1.00. The van der Waals surface area contributed by atoms with Crippen molar-refractivity contribution in [3.63, 3.8) is 0 Å². The Morgan fingerprint density at radius 3 is 1.73 bits per heavy atom. The van der Waals surface area contributed by atoms with Crippen LogP contribution in [0.25, 0.3) is 0 Å². The summed E-state index contributed by atoms with van der Waals surface area (Å²) in [5.74, 6) is -1.96. The second-order valence-corrected chi connectivity index (χ2v) is 7.21. The van der Waals surface area contributed by atoms with Crippen molar-refractivity contribution in [3.05, 3.63) is 0 Å². The minimum Gasteiger partial charge on any atom is -0.370 e. The van der Waals surface area contributed by atoms with Gasteiger partial charge in [-0.2, -0.15) is 12.6 Å². The fourth-order valence-electron chi connectivity index (χ4n) is 2.91. The smallest absolute Gasteiger partial charge is 0.370 e. The van der Waals surface area contributed by atoms with Gasteiger partial charge in [-0.05, 0) is 27.2 Å². The van der Waals surface area contributed by atoms with Gasteiger partial charge in [-0.15, -0.1) is 0 Å². The quantitative estimate of drug-likeness (QED) is 0.207. The first-order chi connectivity index (χ1) is 12.3. The average Bonchev–Trinajstić information content (AvgIpc) is 2.55. The van der Waals surface area contributed by atoms with Crippen molar-refractivity contribution in [1.82, 2.24) is 0 Å². The lowest BCUT2D eigenvalue weighted by Crippen LogP contribution is -2.52. The van der Waals surface area contributed by atoms with Crippen molar-refractivity contribution in [2.45, 2.75) is 97.6 Å². The maximum Gasteiger partial charge on any atom is 0.402 e. The molecule has 0 fully saturated rings. The number of rotatable bonds is 18. The molecule has 0 amide bonds. The standard InChI is InChI=1S/C18H38O7S/c1-5-9-10-11-12-13-14-15-16-17(22-6-2)18(23-7-3,24-8-4)25-26(19,20)21/h17H,5-16H2,1-4H3,(H,19,20,21). The lowest BCUT2D eigenvalue weighted by Gasteiger charge is -2.37. The number of unbranched alkanes of at least 4 members (excludes halogenated alkanes) is 7. The van der Waals surface area contributed by atoms with Crippen molar-refractivity contribution < 1.29 is 31.4 Å². The molecule has 1 N–H and O–H groups in total. The molecule has 0 aliphatic carbocycles. The van der Waals surface area contributed by atoms with E-state index in [1.807, 2.05) is 0 Å². The molecular weight excluding hydrogens is 360 g/mol. The van der Waals surface area contributed by atoms with Crippen molar-refractivity contribution in [3.8, 4) is 0 Å². The Morgan fingerprint density at radius 1 is 0.808 bits per heavy atom. The largest absolute Gasteiger partial charge is 0.402 e. The predicted octanol–water partition coefficient (Wildman–Crippen LogP) is 4.47. The van der Waals surface area contributed by atoms with Gasteiger partial charge in [0, 0.05) is 19.8 Å². The third-order valence-corrected chi connectivity index (χ3v) is 4.44. The van der Waals surface area contributed by atoms with Crippen LogP contribution in [0.15, 0.2) is 0 Å². The Hall–Kier alpha value is -0.250. The van der Waals surface area contributed by atoms with Crippen LogP contribution in [0.1, 0.15) is 85.5 Å². The van der Waals surface area contributed by atoms with Crippen LogP contribution in [0.5, 0.6) is 0 Å². The van der Waals surface area contributed by atoms with E-state index in [1.54, 1.807) is 20.8 Å². The minimum atomic E-state index is -4.77. The second-order valence-electron chi connectivity index (χ2n) is 6.19. The molecule has 0 rings (SSSR count). The molecule has 0 heterocycles. The van der Waals surface area contributed by atoms with Crippen LogP contribution >= 0.6 is 0 Å². The van der Waals surface area contributed by atoms with Crippen molar-refractivity contribution >= 4 is 10.4 Å². The Morgan fingerprint density at radius 2 is 1.31 bits per heavy atom. The average molecular weight is 399 g/mol. The third kappa shape index (κ3) is 11.5. The van der Waals surface area contributed by atoms with Gasteiger partial charge in [0.05, 0.1) is 0 Å². The fourth-order valence-corrected chi connectivity index (χ4v) is 3.40. The van der Waals surface area contributed by atoms with Crippen molar-refractivity contribution in [1.29, 1.82) is 0 Å². The first kappa shape index (κ1) is 25.8. The molecule has 0 spiro atoms. The van der Waals surface area contributed by atoms with E-state index in [9.17, 15) is 13.0 Å². The summed E-state index contributed by atoms with van der Waals surface area (Å²) in [4.78, 5) is 0. The van der Waals surface area contributed by atoms with E-state index >= 15 is 0 Å². The second kappa shape index (κ2) is 14.8. The molecule has 158 valence electrons. The molecule has 26 heavy (non-hydrogen) atoms. The minimum absolute atomic E-state index is 0.149. The SMILES string of the molecule is CCCCCCCCCCC(OCC)C(OCC)(OCC)OS(=O)(=O)O. The van der Waals surface area contributed by atoms with Gasteiger partial charge in [0.25, 0.3) is 0 Å². The molecule has 0 aliphatic heterocycles. The number of hydrogen-bond acceptors (Lipinski definition) is 6. The third-order valence-electron chi connectivity index (χ3n) is 3.99. The Kier molecular flexibility index (Phi) is 14.6. The number of ether oxygens (including phenoxy) is 3. The molecule has 8 heteroatoms. The van der Waals surface area contributed by atoms with E-state index in [-0.39, 0.29) is 13.2 Å². The first-order valence-electron chi connectivity index (χ1n) is 9.92. The van der Waals surface area contributed by atoms with E-state index in [2.05, 4.69) is 6.92 Å². The lowest BCUT2D eigenvalue weighted by molar-refractivity contribution is -0.384. The van der Waals surface area contributed by atoms with Crippen molar-refractivity contribution in [2.75, 3.05) is 19.8 Å². The Bertz CT molecular complexity index is 419. The first-order valence-corrected chi connectivity index (χ1v) is 11.3. The van der Waals surface area contributed by atoms with Crippen molar-refractivity contribution in [2.24, 2.45) is 0 Å². The highest BCUT2D eigenvalue weighted by Crippen LogP contribution is 2.29. The summed E-state index contributed by atoms with van der Waals surface area (Å²) < 4.78 is 53.2. The van der Waals surface area contributed by atoms with Gasteiger partial charge in [0.15, 0.2) is 0 Å². The van der Waals surface area contributed by atoms with Gasteiger partial charge in [-0.3, -0.25) is 4.55 Å². The van der Waals surface area contributed by atoms with Crippen LogP contribution in [0, 0.1) is 0 Å². The van der Waals surface area contributed by atoms with Crippen LogP contribution in [0.3, 0.4) is 0 Å². The summed E-state index contributed by atoms with van der Waals surface area (Å²) in [5, 5.41) is 0. The van der Waals surface area contributed by atoms with E-state index < -0.39 is 22.5 Å². The van der Waals surface area contributed by atoms with E-state index in [0.29, 0.717) is 13.0 Å². The van der Waals surface area contributed by atoms with Gasteiger partial charge in [-0.1, -0.05) is 58.3 Å². The summed E-state index contributed by atoms with van der Waals surface area (Å²) in [5.41, 5.74) is 0. The Labute approximate surface area is 159 Å². The van der Waals surface area contributed by atoms with E-state index in [4.69, 9.17) is 18.4 Å². The summed E-state index contributed by atoms with van der Waals surface area (Å²) >= 11 is 0. The molecule has 0 bridgehead atoms. The van der Waals surface area contributed by atoms with Gasteiger partial charge >= 0.3 is 16.4 Å². The van der Waals surface area contributed by atoms with Crippen LogP contribution < -0.4 is 0 Å². The highest BCUT2D eigenvalue weighted by atomic mass is 32.3. The van der Waals surface area contributed by atoms with E-state index in [1.165, 1.54) is 32.1 Å². The molecule has 0 saturated heterocycles. The molecule has 0 radical (unpaired) electrons. The zero-order valence-electron chi connectivity index (χ0n) is 16.9. The van der Waals surface area contributed by atoms with E-state index in [0.717, 1.165) is 19.3 Å². The summed E-state index contributed by atoms with van der Waals surface area (Å²) in [6.45, 7) is 8.04. The summed E-state index contributed by atoms with van der Waals surface area (Å²) in [6.07, 6.45) is 8.96. The predicted molar refractivity (Wildman–Crippen MR) is 101 cm³/mol. The maximum absolute atomic E-state index is 11.3. The summed E-state index contributed by atoms with van der Waals surface area (Å²) in [6, 6.07) is 0. The highest BCUT2D eigenvalue weighted by Gasteiger charge is 2.47. The zero-order chi connectivity index (χ0) is 19.9. The molecule has 7 nitrogen and oxygen atoms in total. The molecule has 1 atom stereocenters. The number of hydrogen-bond donors (Lipinski definition) is 1. The summed E-state index contributed by atoms with van der Waals surface area (Å²) in [7, 11) is -4.77. The van der Waals surface area contributed by atoms with Gasteiger partial charge in [0.1, 0.15) is 6.10 Å². The topological polar surface area (TPSA) is 91.3 Å². The molecular formula is C18H38O7S. The molecule has 0 saturated carbocycles.